The standard InChI is InChI=1S/C15H21N3O2S/c1-5-18(4)14(19)10(3)16-15-17-12-8-7-11(20-6-2)9-13(12)21-15/h7-10H,5-6H2,1-4H3,(H,16,17). The van der Waals surface area contributed by atoms with Crippen LogP contribution in [0.3, 0.4) is 0 Å². The van der Waals surface area contributed by atoms with Gasteiger partial charge >= 0.3 is 0 Å². The Kier molecular flexibility index (Phi) is 5.01. The second-order valence-corrected chi connectivity index (χ2v) is 5.83. The molecule has 0 radical (unpaired) electrons. The molecule has 1 aromatic carbocycles. The maximum absolute atomic E-state index is 12.1. The highest BCUT2D eigenvalue weighted by Crippen LogP contribution is 2.29. The van der Waals surface area contributed by atoms with E-state index < -0.39 is 0 Å². The topological polar surface area (TPSA) is 54.5 Å². The van der Waals surface area contributed by atoms with E-state index in [1.165, 1.54) is 11.3 Å². The molecule has 21 heavy (non-hydrogen) atoms. The normalized spacial score (nSPS) is 12.2. The smallest absolute Gasteiger partial charge is 0.244 e. The van der Waals surface area contributed by atoms with Crippen LogP contribution in [0.1, 0.15) is 20.8 Å². The fourth-order valence-electron chi connectivity index (χ4n) is 1.96. The lowest BCUT2D eigenvalue weighted by Crippen LogP contribution is -2.38. The van der Waals surface area contributed by atoms with Crippen molar-refractivity contribution in [2.24, 2.45) is 0 Å². The highest BCUT2D eigenvalue weighted by Gasteiger charge is 2.17. The third-order valence-electron chi connectivity index (χ3n) is 3.23. The molecule has 6 heteroatoms. The van der Waals surface area contributed by atoms with E-state index in [1.807, 2.05) is 39.0 Å². The molecule has 0 saturated heterocycles. The monoisotopic (exact) mass is 307 g/mol. The van der Waals surface area contributed by atoms with Gasteiger partial charge in [0.05, 0.1) is 16.8 Å². The summed E-state index contributed by atoms with van der Waals surface area (Å²) in [5.41, 5.74) is 0.912. The Bertz CT molecular complexity index is 626. The number of nitrogens with one attached hydrogen (secondary N) is 1. The van der Waals surface area contributed by atoms with Crippen molar-refractivity contribution in [3.05, 3.63) is 18.2 Å². The number of fused-ring (bicyclic) bond motifs is 1. The molecule has 114 valence electrons. The van der Waals surface area contributed by atoms with E-state index in [4.69, 9.17) is 4.74 Å². The SMILES string of the molecule is CCOc1ccc2nc(NC(C)C(=O)N(C)CC)sc2c1. The van der Waals surface area contributed by atoms with Gasteiger partial charge in [-0.05, 0) is 39.0 Å². The lowest BCUT2D eigenvalue weighted by molar-refractivity contribution is -0.130. The zero-order valence-electron chi connectivity index (χ0n) is 12.8. The minimum absolute atomic E-state index is 0.0618. The van der Waals surface area contributed by atoms with Gasteiger partial charge in [-0.2, -0.15) is 0 Å². The number of thiazole rings is 1. The summed E-state index contributed by atoms with van der Waals surface area (Å²) in [6.45, 7) is 7.11. The van der Waals surface area contributed by atoms with Gasteiger partial charge in [0.1, 0.15) is 11.8 Å². The fourth-order valence-corrected chi connectivity index (χ4v) is 2.94. The van der Waals surface area contributed by atoms with E-state index in [2.05, 4.69) is 10.3 Å². The number of ether oxygens (including phenoxy) is 1. The molecule has 2 rings (SSSR count). The summed E-state index contributed by atoms with van der Waals surface area (Å²) in [6.07, 6.45) is 0. The number of carbonyl (C=O) groups is 1. The van der Waals surface area contributed by atoms with Gasteiger partial charge < -0.3 is 15.0 Å². The van der Waals surface area contributed by atoms with Gasteiger partial charge in [-0.15, -0.1) is 0 Å². The first kappa shape index (κ1) is 15.6. The van der Waals surface area contributed by atoms with Crippen LogP contribution >= 0.6 is 11.3 Å². The van der Waals surface area contributed by atoms with Crippen molar-refractivity contribution >= 4 is 32.6 Å². The van der Waals surface area contributed by atoms with Gasteiger partial charge in [0.25, 0.3) is 0 Å². The van der Waals surface area contributed by atoms with Gasteiger partial charge in [-0.1, -0.05) is 11.3 Å². The second kappa shape index (κ2) is 6.76. The molecule has 1 aromatic heterocycles. The van der Waals surface area contributed by atoms with Crippen molar-refractivity contribution in [3.63, 3.8) is 0 Å². The van der Waals surface area contributed by atoms with Crippen LogP contribution in [0, 0.1) is 0 Å². The number of aromatic nitrogens is 1. The van der Waals surface area contributed by atoms with Gasteiger partial charge in [-0.3, -0.25) is 4.79 Å². The van der Waals surface area contributed by atoms with Crippen LogP contribution in [0.15, 0.2) is 18.2 Å². The van der Waals surface area contributed by atoms with Gasteiger partial charge in [0.2, 0.25) is 5.91 Å². The van der Waals surface area contributed by atoms with Crippen molar-refractivity contribution in [1.29, 1.82) is 0 Å². The van der Waals surface area contributed by atoms with E-state index in [0.717, 1.165) is 21.1 Å². The average Bonchev–Trinajstić information content (AvgIpc) is 2.87. The Morgan fingerprint density at radius 3 is 2.90 bits per heavy atom. The first-order valence-electron chi connectivity index (χ1n) is 7.10. The van der Waals surface area contributed by atoms with Crippen LogP contribution in [0.25, 0.3) is 10.2 Å². The molecule has 5 nitrogen and oxygen atoms in total. The molecular formula is C15H21N3O2S. The quantitative estimate of drug-likeness (QED) is 0.891. The van der Waals surface area contributed by atoms with Gasteiger partial charge in [-0.25, -0.2) is 4.98 Å². The molecule has 1 amide bonds. The number of anilines is 1. The van der Waals surface area contributed by atoms with Gasteiger partial charge in [0, 0.05) is 13.6 Å². The molecule has 2 aromatic rings. The molecule has 0 aliphatic rings. The zero-order chi connectivity index (χ0) is 15.4. The summed E-state index contributed by atoms with van der Waals surface area (Å²) in [5, 5.41) is 3.93. The molecule has 0 saturated carbocycles. The Morgan fingerprint density at radius 2 is 2.24 bits per heavy atom. The van der Waals surface area contributed by atoms with Crippen LogP contribution < -0.4 is 10.1 Å². The summed E-state index contributed by atoms with van der Waals surface area (Å²) >= 11 is 1.53. The third kappa shape index (κ3) is 3.64. The van der Waals surface area contributed by atoms with E-state index in [-0.39, 0.29) is 11.9 Å². The van der Waals surface area contributed by atoms with Gasteiger partial charge in [0.15, 0.2) is 5.13 Å². The molecule has 0 spiro atoms. The molecule has 0 fully saturated rings. The Morgan fingerprint density at radius 1 is 1.48 bits per heavy atom. The van der Waals surface area contributed by atoms with Crippen molar-refractivity contribution in [3.8, 4) is 5.75 Å². The van der Waals surface area contributed by atoms with Crippen LogP contribution in [-0.4, -0.2) is 42.0 Å². The first-order valence-corrected chi connectivity index (χ1v) is 7.91. The fraction of sp³-hybridized carbons (Fsp3) is 0.467. The molecule has 1 unspecified atom stereocenters. The van der Waals surface area contributed by atoms with Crippen LogP contribution in [0.2, 0.25) is 0 Å². The zero-order valence-corrected chi connectivity index (χ0v) is 13.7. The third-order valence-corrected chi connectivity index (χ3v) is 4.18. The number of amides is 1. The first-order chi connectivity index (χ1) is 10.0. The van der Waals surface area contributed by atoms with Crippen molar-refractivity contribution < 1.29 is 9.53 Å². The number of nitrogens with zero attached hydrogens (tertiary/aromatic N) is 2. The Balaban J connectivity index is 2.14. The van der Waals surface area contributed by atoms with Crippen LogP contribution in [0.5, 0.6) is 5.75 Å². The highest BCUT2D eigenvalue weighted by molar-refractivity contribution is 7.22. The van der Waals surface area contributed by atoms with E-state index in [9.17, 15) is 4.79 Å². The molecular weight excluding hydrogens is 286 g/mol. The van der Waals surface area contributed by atoms with E-state index in [1.54, 1.807) is 11.9 Å². The number of hydrogen-bond donors (Lipinski definition) is 1. The van der Waals surface area contributed by atoms with Crippen LogP contribution in [0.4, 0.5) is 5.13 Å². The number of likely N-dealkylation sites (N-methyl/N-ethyl adjacent to an activating group) is 1. The molecule has 1 heterocycles. The largest absolute Gasteiger partial charge is 0.494 e. The summed E-state index contributed by atoms with van der Waals surface area (Å²) in [5.74, 6) is 0.904. The van der Waals surface area contributed by atoms with Crippen LogP contribution in [-0.2, 0) is 4.79 Å². The second-order valence-electron chi connectivity index (χ2n) is 4.80. The Labute approximate surface area is 128 Å². The lowest BCUT2D eigenvalue weighted by Gasteiger charge is -2.20. The summed E-state index contributed by atoms with van der Waals surface area (Å²) < 4.78 is 6.53. The maximum Gasteiger partial charge on any atom is 0.244 e. The molecule has 0 aliphatic heterocycles. The Hall–Kier alpha value is -1.82. The molecule has 0 bridgehead atoms. The highest BCUT2D eigenvalue weighted by atomic mass is 32.1. The predicted molar refractivity (Wildman–Crippen MR) is 87.2 cm³/mol. The minimum atomic E-state index is -0.290. The number of rotatable bonds is 6. The number of benzene rings is 1. The van der Waals surface area contributed by atoms with E-state index in [0.29, 0.717) is 13.2 Å². The van der Waals surface area contributed by atoms with E-state index >= 15 is 0 Å². The molecule has 1 N–H and O–H groups in total. The average molecular weight is 307 g/mol. The van der Waals surface area contributed by atoms with Crippen molar-refractivity contribution in [2.75, 3.05) is 25.5 Å². The number of hydrogen-bond acceptors (Lipinski definition) is 5. The van der Waals surface area contributed by atoms with Crippen molar-refractivity contribution in [2.45, 2.75) is 26.8 Å². The minimum Gasteiger partial charge on any atom is -0.494 e. The number of carbonyl (C=O) groups excluding carboxylic acids is 1. The lowest BCUT2D eigenvalue weighted by atomic mass is 10.3. The maximum atomic E-state index is 12.1. The molecule has 0 aliphatic carbocycles. The predicted octanol–water partition coefficient (Wildman–Crippen LogP) is 2.97. The van der Waals surface area contributed by atoms with Crippen molar-refractivity contribution in [1.82, 2.24) is 9.88 Å². The summed E-state index contributed by atoms with van der Waals surface area (Å²) in [4.78, 5) is 18.2. The molecule has 1 atom stereocenters. The summed E-state index contributed by atoms with van der Waals surface area (Å²) in [6, 6.07) is 5.54. The summed E-state index contributed by atoms with van der Waals surface area (Å²) in [7, 11) is 1.80.